The second-order valence-corrected chi connectivity index (χ2v) is 5.08. The second kappa shape index (κ2) is 8.08. The summed E-state index contributed by atoms with van der Waals surface area (Å²) in [7, 11) is 0. The van der Waals surface area contributed by atoms with Crippen molar-refractivity contribution < 1.29 is 14.3 Å². The summed E-state index contributed by atoms with van der Waals surface area (Å²) in [5.74, 6) is 1.54. The van der Waals surface area contributed by atoms with Gasteiger partial charge in [-0.2, -0.15) is 0 Å². The van der Waals surface area contributed by atoms with E-state index in [0.717, 1.165) is 30.4 Å². The largest absolute Gasteiger partial charge is 0.493 e. The van der Waals surface area contributed by atoms with Crippen molar-refractivity contribution in [3.8, 4) is 11.5 Å². The van der Waals surface area contributed by atoms with E-state index in [1.807, 2.05) is 31.2 Å². The van der Waals surface area contributed by atoms with Crippen molar-refractivity contribution in [2.45, 2.75) is 19.8 Å². The van der Waals surface area contributed by atoms with Crippen molar-refractivity contribution in [1.29, 1.82) is 0 Å². The third kappa shape index (κ3) is 4.52. The summed E-state index contributed by atoms with van der Waals surface area (Å²) in [5.41, 5.74) is 8.00. The molecule has 4 nitrogen and oxygen atoms in total. The molecule has 0 saturated carbocycles. The van der Waals surface area contributed by atoms with Gasteiger partial charge in [0, 0.05) is 5.56 Å². The van der Waals surface area contributed by atoms with Crippen LogP contribution in [0.1, 0.15) is 28.8 Å². The van der Waals surface area contributed by atoms with E-state index in [2.05, 4.69) is 0 Å². The second-order valence-electron chi connectivity index (χ2n) is 5.08. The number of carbonyl (C=O) groups is 1. The van der Waals surface area contributed by atoms with Crippen LogP contribution in [0.2, 0.25) is 0 Å². The number of rotatable bonds is 8. The molecule has 0 amide bonds. The van der Waals surface area contributed by atoms with Crippen LogP contribution >= 0.6 is 0 Å². The van der Waals surface area contributed by atoms with Crippen molar-refractivity contribution in [2.75, 3.05) is 18.9 Å². The maximum absolute atomic E-state index is 10.6. The quantitative estimate of drug-likeness (QED) is 0.459. The van der Waals surface area contributed by atoms with Crippen molar-refractivity contribution in [3.05, 3.63) is 53.6 Å². The van der Waals surface area contributed by atoms with E-state index in [1.54, 1.807) is 18.2 Å². The first-order chi connectivity index (χ1) is 10.7. The van der Waals surface area contributed by atoms with E-state index >= 15 is 0 Å². The number of unbranched alkanes of at least 4 members (excludes halogenated alkanes) is 1. The fraction of sp³-hybridized carbons (Fsp3) is 0.278. The molecule has 0 aliphatic rings. The monoisotopic (exact) mass is 299 g/mol. The van der Waals surface area contributed by atoms with Gasteiger partial charge in [0.2, 0.25) is 0 Å². The molecular weight excluding hydrogens is 278 g/mol. The van der Waals surface area contributed by atoms with Gasteiger partial charge in [0.05, 0.1) is 18.9 Å². The number of hydrogen-bond acceptors (Lipinski definition) is 4. The fourth-order valence-electron chi connectivity index (χ4n) is 2.06. The van der Waals surface area contributed by atoms with E-state index in [0.29, 0.717) is 30.2 Å². The minimum Gasteiger partial charge on any atom is -0.493 e. The fourth-order valence-corrected chi connectivity index (χ4v) is 2.06. The predicted molar refractivity (Wildman–Crippen MR) is 87.6 cm³/mol. The Bertz CT molecular complexity index is 625. The number of anilines is 1. The summed E-state index contributed by atoms with van der Waals surface area (Å²) in [4.78, 5) is 10.6. The first-order valence-electron chi connectivity index (χ1n) is 7.36. The van der Waals surface area contributed by atoms with Gasteiger partial charge in [0.15, 0.2) is 0 Å². The molecule has 116 valence electrons. The number of nitrogens with two attached hydrogens (primary N) is 1. The maximum Gasteiger partial charge on any atom is 0.150 e. The molecule has 0 unspecified atom stereocenters. The van der Waals surface area contributed by atoms with Crippen LogP contribution in [0.15, 0.2) is 42.5 Å². The van der Waals surface area contributed by atoms with E-state index in [4.69, 9.17) is 15.2 Å². The minimum absolute atomic E-state index is 0.487. The lowest BCUT2D eigenvalue weighted by atomic mass is 10.2. The topological polar surface area (TPSA) is 61.5 Å². The van der Waals surface area contributed by atoms with Gasteiger partial charge in [-0.3, -0.25) is 4.79 Å². The van der Waals surface area contributed by atoms with E-state index < -0.39 is 0 Å². The van der Waals surface area contributed by atoms with Crippen molar-refractivity contribution in [1.82, 2.24) is 0 Å². The molecule has 22 heavy (non-hydrogen) atoms. The number of carbonyl (C=O) groups excluding carboxylic acids is 1. The summed E-state index contributed by atoms with van der Waals surface area (Å²) in [5, 5.41) is 0. The Balaban J connectivity index is 1.67. The number of aldehydes is 1. The zero-order valence-corrected chi connectivity index (χ0v) is 12.7. The number of para-hydroxylation sites is 1. The van der Waals surface area contributed by atoms with Crippen molar-refractivity contribution >= 4 is 12.0 Å². The number of aryl methyl sites for hydroxylation is 1. The van der Waals surface area contributed by atoms with Crippen LogP contribution < -0.4 is 15.2 Å². The Morgan fingerprint density at radius 1 is 1.00 bits per heavy atom. The highest BCUT2D eigenvalue weighted by Gasteiger charge is 2.02. The zero-order chi connectivity index (χ0) is 15.8. The molecule has 0 aliphatic heterocycles. The third-order valence-electron chi connectivity index (χ3n) is 3.32. The summed E-state index contributed by atoms with van der Waals surface area (Å²) < 4.78 is 11.3. The van der Waals surface area contributed by atoms with Crippen molar-refractivity contribution in [3.63, 3.8) is 0 Å². The minimum atomic E-state index is 0.487. The van der Waals surface area contributed by atoms with Crippen LogP contribution in [-0.2, 0) is 0 Å². The molecule has 0 bridgehead atoms. The zero-order valence-electron chi connectivity index (χ0n) is 12.7. The summed E-state index contributed by atoms with van der Waals surface area (Å²) in [6.45, 7) is 3.26. The molecule has 2 rings (SSSR count). The molecule has 0 aromatic heterocycles. The van der Waals surface area contributed by atoms with Gasteiger partial charge in [-0.1, -0.05) is 18.2 Å². The first kappa shape index (κ1) is 15.9. The molecule has 2 aromatic rings. The van der Waals surface area contributed by atoms with Gasteiger partial charge in [-0.15, -0.1) is 0 Å². The molecule has 0 atom stereocenters. The average molecular weight is 299 g/mol. The molecule has 0 spiro atoms. The third-order valence-corrected chi connectivity index (χ3v) is 3.32. The normalized spacial score (nSPS) is 10.2. The smallest absolute Gasteiger partial charge is 0.150 e. The lowest BCUT2D eigenvalue weighted by Crippen LogP contribution is -2.04. The van der Waals surface area contributed by atoms with Crippen LogP contribution in [0.25, 0.3) is 0 Å². The van der Waals surface area contributed by atoms with Gasteiger partial charge in [0.1, 0.15) is 17.8 Å². The van der Waals surface area contributed by atoms with Crippen LogP contribution in [0, 0.1) is 6.92 Å². The molecule has 4 heteroatoms. The van der Waals surface area contributed by atoms with Gasteiger partial charge in [0.25, 0.3) is 0 Å². The molecule has 0 aliphatic carbocycles. The van der Waals surface area contributed by atoms with Crippen LogP contribution in [0.4, 0.5) is 5.69 Å². The van der Waals surface area contributed by atoms with E-state index in [9.17, 15) is 4.79 Å². The Labute approximate surface area is 130 Å². The average Bonchev–Trinajstić information content (AvgIpc) is 2.53. The summed E-state index contributed by atoms with van der Waals surface area (Å²) in [6, 6.07) is 13.0. The number of ether oxygens (including phenoxy) is 2. The molecule has 2 N–H and O–H groups in total. The Morgan fingerprint density at radius 3 is 2.32 bits per heavy atom. The maximum atomic E-state index is 10.6. The highest BCUT2D eigenvalue weighted by molar-refractivity contribution is 5.78. The summed E-state index contributed by atoms with van der Waals surface area (Å²) in [6.07, 6.45) is 2.55. The van der Waals surface area contributed by atoms with Gasteiger partial charge in [-0.05, 0) is 49.6 Å². The Hall–Kier alpha value is -2.49. The molecule has 0 radical (unpaired) electrons. The van der Waals surface area contributed by atoms with Gasteiger partial charge in [-0.25, -0.2) is 0 Å². The SMILES string of the molecule is Cc1ccccc1OCCCCOc1ccc(C=O)cc1N. The van der Waals surface area contributed by atoms with Crippen molar-refractivity contribution in [2.24, 2.45) is 0 Å². The summed E-state index contributed by atoms with van der Waals surface area (Å²) >= 11 is 0. The Morgan fingerprint density at radius 2 is 1.68 bits per heavy atom. The highest BCUT2D eigenvalue weighted by Crippen LogP contribution is 2.22. The molecule has 2 aromatic carbocycles. The van der Waals surface area contributed by atoms with Gasteiger partial charge >= 0.3 is 0 Å². The predicted octanol–water partition coefficient (Wildman–Crippen LogP) is 3.63. The highest BCUT2D eigenvalue weighted by atomic mass is 16.5. The van der Waals surface area contributed by atoms with E-state index in [-0.39, 0.29) is 0 Å². The number of benzene rings is 2. The lowest BCUT2D eigenvalue weighted by Gasteiger charge is -2.10. The molecular formula is C18H21NO3. The molecule has 0 saturated heterocycles. The number of nitrogen functional groups attached to an aromatic ring is 1. The van der Waals surface area contributed by atoms with Crippen LogP contribution in [-0.4, -0.2) is 19.5 Å². The Kier molecular flexibility index (Phi) is 5.83. The molecule has 0 heterocycles. The standard InChI is InChI=1S/C18H21NO3/c1-14-6-2-3-7-17(14)21-10-4-5-11-22-18-9-8-15(13-20)12-16(18)19/h2-3,6-9,12-13H,4-5,10-11,19H2,1H3. The van der Waals surface area contributed by atoms with Crippen LogP contribution in [0.5, 0.6) is 11.5 Å². The first-order valence-corrected chi connectivity index (χ1v) is 7.36. The van der Waals surface area contributed by atoms with E-state index in [1.165, 1.54) is 0 Å². The lowest BCUT2D eigenvalue weighted by molar-refractivity contribution is 0.112. The van der Waals surface area contributed by atoms with Gasteiger partial charge < -0.3 is 15.2 Å². The molecule has 0 fully saturated rings. The number of hydrogen-bond donors (Lipinski definition) is 1. The van der Waals surface area contributed by atoms with Crippen LogP contribution in [0.3, 0.4) is 0 Å².